The van der Waals surface area contributed by atoms with Crippen LogP contribution in [0.5, 0.6) is 0 Å². The molecule has 7 aromatic carbocycles. The maximum Gasteiger partial charge on any atom is 0.161 e. The number of fused-ring (bicyclic) bond motifs is 15. The number of nitrogens with zero attached hydrogens (tertiary/aromatic N) is 2. The van der Waals surface area contributed by atoms with E-state index < -0.39 is 0 Å². The van der Waals surface area contributed by atoms with E-state index >= 15 is 0 Å². The Morgan fingerprint density at radius 2 is 0.977 bits per heavy atom. The number of hydrogen-bond donors (Lipinski definition) is 0. The molecule has 11 bridgehead atoms. The second-order valence-corrected chi connectivity index (χ2v) is 12.5. The lowest BCUT2D eigenvalue weighted by Gasteiger charge is -2.08. The first-order valence-corrected chi connectivity index (χ1v) is 15.4. The molecule has 43 heavy (non-hydrogen) atoms. The third-order valence-electron chi connectivity index (χ3n) is 8.97. The SMILES string of the molecule is c1cc2cc(c1)c1ccc3c(c1)c1cc(nc(n1)c1cccc4sc5ccc(cc5c41)c1ccccc13)c1cccc2c1. The van der Waals surface area contributed by atoms with Gasteiger partial charge in [-0.25, -0.2) is 9.97 Å². The zero-order chi connectivity index (χ0) is 28.1. The number of benzene rings is 6. The molecular weight excluding hydrogens is 541 g/mol. The average Bonchev–Trinajstić information content (AvgIpc) is 3.45. The Kier molecular flexibility index (Phi) is 4.63. The van der Waals surface area contributed by atoms with E-state index in [0.29, 0.717) is 0 Å². The lowest BCUT2D eigenvalue weighted by molar-refractivity contribution is 1.37. The Bertz CT molecular complexity index is 2850. The van der Waals surface area contributed by atoms with Gasteiger partial charge < -0.3 is 0 Å². The zero-order valence-corrected chi connectivity index (χ0v) is 23.8. The number of thiophene rings is 1. The molecule has 10 rings (SSSR count). The molecule has 2 nitrogen and oxygen atoms in total. The van der Waals surface area contributed by atoms with Crippen LogP contribution in [0.3, 0.4) is 0 Å². The fourth-order valence-electron chi connectivity index (χ4n) is 6.91. The molecule has 0 aliphatic heterocycles. The highest BCUT2D eigenvalue weighted by Crippen LogP contribution is 2.40. The molecular formula is C40H22N2S. The Balaban J connectivity index is 1.62. The second-order valence-electron chi connectivity index (χ2n) is 11.4. The van der Waals surface area contributed by atoms with Crippen LogP contribution in [-0.4, -0.2) is 9.97 Å². The molecule has 10 aromatic rings. The van der Waals surface area contributed by atoms with E-state index in [1.807, 2.05) is 11.3 Å². The Labute approximate surface area is 250 Å². The second kappa shape index (κ2) is 8.57. The maximum absolute atomic E-state index is 5.38. The standard InChI is InChI=1S/C40H22N2S/c1-2-11-30-29(10-1)27-15-17-37-34(21-27)39-32(12-5-13-38(39)43-37)40-41-35-22-36(42-40)33-20-26(14-16-31(30)33)24-7-3-6-23(18-24)25-8-4-9-28(35)19-25/h1-22H. The van der Waals surface area contributed by atoms with Crippen molar-refractivity contribution >= 4 is 107 Å². The minimum Gasteiger partial charge on any atom is -0.228 e. The highest BCUT2D eigenvalue weighted by Gasteiger charge is 2.12. The summed E-state index contributed by atoms with van der Waals surface area (Å²) in [6.07, 6.45) is 0. The van der Waals surface area contributed by atoms with Crippen molar-refractivity contribution in [2.45, 2.75) is 0 Å². The van der Waals surface area contributed by atoms with Gasteiger partial charge in [0, 0.05) is 36.3 Å². The first-order chi connectivity index (χ1) is 21.3. The van der Waals surface area contributed by atoms with Gasteiger partial charge in [0.1, 0.15) is 0 Å². The highest BCUT2D eigenvalue weighted by atomic mass is 32.1. The summed E-state index contributed by atoms with van der Waals surface area (Å²) in [4.78, 5) is 10.7. The fourth-order valence-corrected chi connectivity index (χ4v) is 8.02. The smallest absolute Gasteiger partial charge is 0.161 e. The molecule has 0 atom stereocenters. The van der Waals surface area contributed by atoms with E-state index in [4.69, 9.17) is 9.97 Å². The van der Waals surface area contributed by atoms with Gasteiger partial charge in [-0.05, 0) is 85.6 Å². The molecule has 0 radical (unpaired) electrons. The summed E-state index contributed by atoms with van der Waals surface area (Å²) >= 11 is 1.84. The third-order valence-corrected chi connectivity index (χ3v) is 10.1. The van der Waals surface area contributed by atoms with Gasteiger partial charge in [0.25, 0.3) is 0 Å². The van der Waals surface area contributed by atoms with Crippen LogP contribution in [0.4, 0.5) is 0 Å². The first-order valence-electron chi connectivity index (χ1n) is 14.6. The van der Waals surface area contributed by atoms with Crippen LogP contribution < -0.4 is 0 Å². The molecule has 198 valence electrons. The molecule has 0 N–H and O–H groups in total. The third kappa shape index (κ3) is 3.40. The molecule has 0 spiro atoms. The van der Waals surface area contributed by atoms with Crippen LogP contribution in [0.2, 0.25) is 0 Å². The molecule has 3 heterocycles. The van der Waals surface area contributed by atoms with E-state index in [1.54, 1.807) is 0 Å². The summed E-state index contributed by atoms with van der Waals surface area (Å²) in [7, 11) is 0. The van der Waals surface area contributed by atoms with Crippen molar-refractivity contribution in [2.24, 2.45) is 0 Å². The van der Waals surface area contributed by atoms with Gasteiger partial charge in [-0.3, -0.25) is 0 Å². The first kappa shape index (κ1) is 23.2. The van der Waals surface area contributed by atoms with Crippen molar-refractivity contribution in [3.63, 3.8) is 0 Å². The Morgan fingerprint density at radius 3 is 1.84 bits per heavy atom. The molecule has 0 saturated heterocycles. The summed E-state index contributed by atoms with van der Waals surface area (Å²) in [6, 6.07) is 48.9. The molecule has 0 saturated carbocycles. The van der Waals surface area contributed by atoms with Gasteiger partial charge in [-0.1, -0.05) is 91.0 Å². The molecule has 3 heteroatoms. The van der Waals surface area contributed by atoms with Crippen molar-refractivity contribution in [1.82, 2.24) is 9.97 Å². The van der Waals surface area contributed by atoms with Crippen LogP contribution in [0, 0.1) is 0 Å². The number of rotatable bonds is 0. The summed E-state index contributed by atoms with van der Waals surface area (Å²) < 4.78 is 2.53. The lowest BCUT2D eigenvalue weighted by atomic mass is 9.99. The summed E-state index contributed by atoms with van der Waals surface area (Å²) in [5, 5.41) is 15.3. The van der Waals surface area contributed by atoms with Crippen LogP contribution in [0.15, 0.2) is 133 Å². The molecule has 0 aliphatic carbocycles. The largest absolute Gasteiger partial charge is 0.228 e. The van der Waals surface area contributed by atoms with Gasteiger partial charge in [-0.2, -0.15) is 0 Å². The molecule has 3 aromatic heterocycles. The van der Waals surface area contributed by atoms with E-state index in [9.17, 15) is 0 Å². The average molecular weight is 563 g/mol. The Hall–Kier alpha value is -5.38. The Morgan fingerprint density at radius 1 is 0.349 bits per heavy atom. The predicted molar refractivity (Wildman–Crippen MR) is 186 cm³/mol. The maximum atomic E-state index is 5.38. The van der Waals surface area contributed by atoms with Crippen LogP contribution in [0.25, 0.3) is 96.1 Å². The van der Waals surface area contributed by atoms with Crippen molar-refractivity contribution in [2.75, 3.05) is 0 Å². The molecule has 0 unspecified atom stereocenters. The fraction of sp³-hybridized carbons (Fsp3) is 0. The van der Waals surface area contributed by atoms with Gasteiger partial charge >= 0.3 is 0 Å². The minimum atomic E-state index is 0.759. The van der Waals surface area contributed by atoms with Crippen molar-refractivity contribution in [1.29, 1.82) is 0 Å². The van der Waals surface area contributed by atoms with Crippen LogP contribution in [0.1, 0.15) is 0 Å². The summed E-state index contributed by atoms with van der Waals surface area (Å²) in [5.74, 6) is 0. The minimum absolute atomic E-state index is 0.759. The predicted octanol–water partition coefficient (Wildman–Crippen LogP) is 11.5. The van der Waals surface area contributed by atoms with Gasteiger partial charge in [0.05, 0.1) is 11.0 Å². The highest BCUT2D eigenvalue weighted by molar-refractivity contribution is 7.26. The molecule has 0 amide bonds. The van der Waals surface area contributed by atoms with E-state index in [-0.39, 0.29) is 0 Å². The van der Waals surface area contributed by atoms with Crippen molar-refractivity contribution < 1.29 is 0 Å². The van der Waals surface area contributed by atoms with Gasteiger partial charge in [0.15, 0.2) is 5.65 Å². The zero-order valence-electron chi connectivity index (χ0n) is 23.0. The van der Waals surface area contributed by atoms with Crippen LogP contribution in [-0.2, 0) is 0 Å². The molecule has 0 aliphatic rings. The lowest BCUT2D eigenvalue weighted by Crippen LogP contribution is -1.88. The van der Waals surface area contributed by atoms with Gasteiger partial charge in [-0.15, -0.1) is 11.3 Å². The van der Waals surface area contributed by atoms with Crippen molar-refractivity contribution in [3.8, 4) is 0 Å². The van der Waals surface area contributed by atoms with E-state index in [1.165, 1.54) is 63.3 Å². The van der Waals surface area contributed by atoms with E-state index in [0.717, 1.165) is 32.8 Å². The molecule has 0 fully saturated rings. The van der Waals surface area contributed by atoms with Crippen molar-refractivity contribution in [3.05, 3.63) is 133 Å². The van der Waals surface area contributed by atoms with Gasteiger partial charge in [0.2, 0.25) is 0 Å². The number of aromatic nitrogens is 2. The number of hydrogen-bond acceptors (Lipinski definition) is 3. The quantitative estimate of drug-likeness (QED) is 0.184. The van der Waals surface area contributed by atoms with Crippen LogP contribution >= 0.6 is 11.3 Å². The normalized spacial score (nSPS) is 12.2. The summed E-state index contributed by atoms with van der Waals surface area (Å²) in [5.41, 5.74) is 2.62. The monoisotopic (exact) mass is 562 g/mol. The topological polar surface area (TPSA) is 25.8 Å². The van der Waals surface area contributed by atoms with E-state index in [2.05, 4.69) is 133 Å². The summed E-state index contributed by atoms with van der Waals surface area (Å²) in [6.45, 7) is 0.